The minimum Gasteiger partial charge on any atom is -0.463 e. The smallest absolute Gasteiger partial charge is 0.318 e. The number of unbranched alkanes of at least 4 members (excludes halogenated alkanes) is 3. The molecule has 2 aliphatic rings. The monoisotopic (exact) mass is 440 g/mol. The number of amides is 1. The van der Waals surface area contributed by atoms with Crippen LogP contribution >= 0.6 is 0 Å². The van der Waals surface area contributed by atoms with Crippen molar-refractivity contribution in [1.82, 2.24) is 19.8 Å². The van der Waals surface area contributed by atoms with E-state index in [1.54, 1.807) is 4.90 Å². The highest BCUT2D eigenvalue weighted by molar-refractivity contribution is 5.81. The van der Waals surface area contributed by atoms with Crippen molar-refractivity contribution >= 4 is 17.3 Å². The van der Waals surface area contributed by atoms with E-state index in [-0.39, 0.29) is 11.9 Å². The molecule has 3 rings (SSSR count). The molecule has 1 aromatic rings. The van der Waals surface area contributed by atoms with Crippen molar-refractivity contribution in [3.63, 3.8) is 0 Å². The average Bonchev–Trinajstić information content (AvgIpc) is 3.38. The third kappa shape index (κ3) is 5.57. The van der Waals surface area contributed by atoms with Gasteiger partial charge in [-0.2, -0.15) is 15.2 Å². The van der Waals surface area contributed by atoms with E-state index in [0.717, 1.165) is 86.9 Å². The highest BCUT2D eigenvalue weighted by Gasteiger charge is 2.31. The Bertz CT molecular complexity index is 889. The number of likely N-dealkylation sites (tertiary alicyclic amines) is 1. The fourth-order valence-electron chi connectivity index (χ4n) is 4.54. The van der Waals surface area contributed by atoms with E-state index in [9.17, 15) is 10.1 Å². The molecule has 1 unspecified atom stereocenters. The van der Waals surface area contributed by atoms with E-state index in [1.165, 1.54) is 0 Å². The first-order valence-electron chi connectivity index (χ1n) is 11.8. The number of ether oxygens (including phenoxy) is 1. The second-order valence-electron chi connectivity index (χ2n) is 8.90. The topological polar surface area (TPSA) is 108 Å². The molecule has 2 heterocycles. The van der Waals surface area contributed by atoms with Crippen LogP contribution in [0.4, 0.5) is 5.82 Å². The summed E-state index contributed by atoms with van der Waals surface area (Å²) in [6, 6.07) is 2.68. The molecule has 1 amide bonds. The maximum absolute atomic E-state index is 12.4. The minimum absolute atomic E-state index is 0.0328. The van der Waals surface area contributed by atoms with Gasteiger partial charge in [0.15, 0.2) is 0 Å². The Morgan fingerprint density at radius 2 is 2.09 bits per heavy atom. The Hall–Kier alpha value is -2.66. The van der Waals surface area contributed by atoms with Crippen molar-refractivity contribution in [3.8, 4) is 12.1 Å². The van der Waals surface area contributed by atoms with Crippen molar-refractivity contribution in [2.24, 2.45) is 0 Å². The standard InChI is InChI=1S/C24H36N6O2/c1-4-5-14-32-24-27-21-18(17(16-25)15-19(21)22(26)28-24)10-7-6-8-12-30-13-9-11-20(30)23(31)29(2)3/h20H,4-15H2,1-3H3,(H2,26,27,28). The Kier molecular flexibility index (Phi) is 8.46. The summed E-state index contributed by atoms with van der Waals surface area (Å²) in [5, 5.41) is 9.64. The number of nitrogens with two attached hydrogens (primary N) is 1. The van der Waals surface area contributed by atoms with Crippen LogP contribution in [0.5, 0.6) is 6.01 Å². The number of rotatable bonds is 11. The SMILES string of the molecule is CCCCOc1nc(N)c2c(n1)C(CCCCCN1CCCC1C(=O)N(C)C)=C(C#N)C2. The number of carbonyl (C=O) groups excluding carboxylic acids is 1. The van der Waals surface area contributed by atoms with Crippen LogP contribution in [-0.2, 0) is 11.2 Å². The number of anilines is 1. The minimum atomic E-state index is 0.0328. The van der Waals surface area contributed by atoms with Gasteiger partial charge in [0.2, 0.25) is 5.91 Å². The maximum Gasteiger partial charge on any atom is 0.318 e. The molecule has 174 valence electrons. The molecule has 0 radical (unpaired) electrons. The molecular weight excluding hydrogens is 404 g/mol. The summed E-state index contributed by atoms with van der Waals surface area (Å²) in [7, 11) is 3.66. The van der Waals surface area contributed by atoms with Crippen LogP contribution in [0.3, 0.4) is 0 Å². The molecule has 1 saturated heterocycles. The molecule has 1 aliphatic carbocycles. The molecule has 0 aromatic carbocycles. The van der Waals surface area contributed by atoms with Gasteiger partial charge >= 0.3 is 6.01 Å². The lowest BCUT2D eigenvalue weighted by atomic mass is 10.0. The molecular formula is C24H36N6O2. The van der Waals surface area contributed by atoms with Gasteiger partial charge in [0.1, 0.15) is 5.82 Å². The van der Waals surface area contributed by atoms with E-state index < -0.39 is 0 Å². The van der Waals surface area contributed by atoms with Crippen molar-refractivity contribution in [3.05, 3.63) is 16.8 Å². The van der Waals surface area contributed by atoms with Crippen molar-refractivity contribution < 1.29 is 9.53 Å². The number of aromatic nitrogens is 2. The number of nitrogens with zero attached hydrogens (tertiary/aromatic N) is 5. The zero-order valence-corrected chi connectivity index (χ0v) is 19.7. The van der Waals surface area contributed by atoms with Crippen molar-refractivity contribution in [1.29, 1.82) is 5.26 Å². The van der Waals surface area contributed by atoms with Crippen LogP contribution in [0.25, 0.3) is 5.57 Å². The summed E-state index contributed by atoms with van der Waals surface area (Å²) in [5.74, 6) is 0.623. The summed E-state index contributed by atoms with van der Waals surface area (Å²) in [6.45, 7) is 4.60. The Morgan fingerprint density at radius 3 is 2.81 bits per heavy atom. The van der Waals surface area contributed by atoms with Gasteiger partial charge in [0.05, 0.1) is 24.4 Å². The number of hydrogen-bond acceptors (Lipinski definition) is 7. The summed E-state index contributed by atoms with van der Waals surface area (Å²) in [4.78, 5) is 25.3. The quantitative estimate of drug-likeness (QED) is 0.526. The zero-order valence-electron chi connectivity index (χ0n) is 19.7. The third-order valence-electron chi connectivity index (χ3n) is 6.35. The predicted octanol–water partition coefficient (Wildman–Crippen LogP) is 3.18. The highest BCUT2D eigenvalue weighted by atomic mass is 16.5. The number of hydrogen-bond donors (Lipinski definition) is 1. The summed E-state index contributed by atoms with van der Waals surface area (Å²) < 4.78 is 5.67. The number of nitrogen functional groups attached to an aromatic ring is 1. The number of nitriles is 1. The molecule has 1 fully saturated rings. The van der Waals surface area contributed by atoms with Gasteiger partial charge in [-0.1, -0.05) is 19.8 Å². The first kappa shape index (κ1) is 24.0. The van der Waals surface area contributed by atoms with Gasteiger partial charge in [-0.25, -0.2) is 0 Å². The van der Waals surface area contributed by atoms with Crippen molar-refractivity contribution in [2.45, 2.75) is 70.8 Å². The summed E-state index contributed by atoms with van der Waals surface area (Å²) >= 11 is 0. The second-order valence-corrected chi connectivity index (χ2v) is 8.90. The van der Waals surface area contributed by atoms with Crippen molar-refractivity contribution in [2.75, 3.05) is 39.5 Å². The van der Waals surface area contributed by atoms with Gasteiger partial charge < -0.3 is 15.4 Å². The van der Waals surface area contributed by atoms with Crippen LogP contribution in [0, 0.1) is 11.3 Å². The highest BCUT2D eigenvalue weighted by Crippen LogP contribution is 2.37. The van der Waals surface area contributed by atoms with Gasteiger partial charge in [-0.15, -0.1) is 0 Å². The number of carbonyl (C=O) groups is 1. The normalized spacial score (nSPS) is 18.0. The van der Waals surface area contributed by atoms with Gasteiger partial charge in [-0.05, 0) is 57.2 Å². The van der Waals surface area contributed by atoms with Gasteiger partial charge in [0.25, 0.3) is 0 Å². The van der Waals surface area contributed by atoms with Gasteiger partial charge in [0, 0.05) is 31.7 Å². The number of allylic oxidation sites excluding steroid dienone is 2. The zero-order chi connectivity index (χ0) is 23.1. The third-order valence-corrected chi connectivity index (χ3v) is 6.35. The molecule has 0 saturated carbocycles. The number of likely N-dealkylation sites (N-methyl/N-ethyl adjacent to an activating group) is 1. The lowest BCUT2D eigenvalue weighted by molar-refractivity contribution is -0.133. The second kappa shape index (κ2) is 11.3. The largest absolute Gasteiger partial charge is 0.463 e. The molecule has 1 atom stereocenters. The van der Waals surface area contributed by atoms with Gasteiger partial charge in [-0.3, -0.25) is 9.69 Å². The fraction of sp³-hybridized carbons (Fsp3) is 0.667. The molecule has 1 aliphatic heterocycles. The summed E-state index contributed by atoms with van der Waals surface area (Å²) in [5.41, 5.74) is 9.52. The lowest BCUT2D eigenvalue weighted by Gasteiger charge is -2.26. The van der Waals surface area contributed by atoms with E-state index in [0.29, 0.717) is 24.9 Å². The predicted molar refractivity (Wildman–Crippen MR) is 125 cm³/mol. The van der Waals surface area contributed by atoms with Crippen LogP contribution in [0.15, 0.2) is 5.57 Å². The maximum atomic E-state index is 12.4. The molecule has 2 N–H and O–H groups in total. The first-order valence-corrected chi connectivity index (χ1v) is 11.8. The van der Waals surface area contributed by atoms with Crippen LogP contribution in [-0.4, -0.2) is 65.5 Å². The molecule has 32 heavy (non-hydrogen) atoms. The Balaban J connectivity index is 1.55. The first-order chi connectivity index (χ1) is 15.5. The average molecular weight is 441 g/mol. The molecule has 8 heteroatoms. The molecule has 8 nitrogen and oxygen atoms in total. The number of fused-ring (bicyclic) bond motifs is 1. The Morgan fingerprint density at radius 1 is 1.28 bits per heavy atom. The van der Waals surface area contributed by atoms with E-state index >= 15 is 0 Å². The van der Waals surface area contributed by atoms with Crippen LogP contribution < -0.4 is 10.5 Å². The van der Waals surface area contributed by atoms with E-state index in [2.05, 4.69) is 27.9 Å². The van der Waals surface area contributed by atoms with E-state index in [1.807, 2.05) is 14.1 Å². The molecule has 0 bridgehead atoms. The molecule has 1 aromatic heterocycles. The summed E-state index contributed by atoms with van der Waals surface area (Å²) in [6.07, 6.45) is 8.35. The molecule has 0 spiro atoms. The van der Waals surface area contributed by atoms with Crippen LogP contribution in [0.1, 0.15) is 69.5 Å². The van der Waals surface area contributed by atoms with Crippen LogP contribution in [0.2, 0.25) is 0 Å². The van der Waals surface area contributed by atoms with E-state index in [4.69, 9.17) is 10.5 Å². The fourth-order valence-corrected chi connectivity index (χ4v) is 4.54. The lowest BCUT2D eigenvalue weighted by Crippen LogP contribution is -2.42. The Labute approximate surface area is 191 Å².